The quantitative estimate of drug-likeness (QED) is 0.216. The number of nitrogens with two attached hydrogens (primary N) is 1. The standard InChI is InChI=1S/C21H18IN5O4/c1-2-18(28)25-13-5-4-8-16(10-13)31-20-17(19(23)29)11-24-21(27-20)26-14-6-3-7-15(9-14)30-12-22/h2-11H,1,12H2,(H2,23,29)(H,25,28)(H,24,26,27). The molecule has 0 fully saturated rings. The van der Waals surface area contributed by atoms with Gasteiger partial charge in [-0.3, -0.25) is 9.59 Å². The molecule has 0 atom stereocenters. The van der Waals surface area contributed by atoms with E-state index in [1.54, 1.807) is 30.3 Å². The van der Waals surface area contributed by atoms with Crippen LogP contribution in [0.5, 0.6) is 17.4 Å². The first-order valence-corrected chi connectivity index (χ1v) is 10.4. The fourth-order valence-corrected chi connectivity index (χ4v) is 2.83. The molecule has 0 saturated heterocycles. The van der Waals surface area contributed by atoms with Crippen LogP contribution in [-0.2, 0) is 4.79 Å². The molecule has 0 radical (unpaired) electrons. The van der Waals surface area contributed by atoms with Gasteiger partial charge < -0.3 is 25.8 Å². The van der Waals surface area contributed by atoms with Crippen LogP contribution in [0.2, 0.25) is 0 Å². The Morgan fingerprint density at radius 3 is 2.55 bits per heavy atom. The lowest BCUT2D eigenvalue weighted by Gasteiger charge is -2.12. The first kappa shape index (κ1) is 22.0. The molecule has 4 N–H and O–H groups in total. The lowest BCUT2D eigenvalue weighted by Crippen LogP contribution is -2.14. The molecule has 0 aliphatic carbocycles. The molecule has 0 unspecified atom stereocenters. The van der Waals surface area contributed by atoms with Gasteiger partial charge in [0, 0.05) is 29.7 Å². The molecular formula is C21H18IN5O4. The van der Waals surface area contributed by atoms with Crippen molar-refractivity contribution in [1.29, 1.82) is 0 Å². The van der Waals surface area contributed by atoms with Crippen LogP contribution in [0.1, 0.15) is 10.4 Å². The van der Waals surface area contributed by atoms with Gasteiger partial charge in [-0.05, 0) is 52.9 Å². The number of benzene rings is 2. The van der Waals surface area contributed by atoms with Crippen LogP contribution in [0.15, 0.2) is 67.4 Å². The summed E-state index contributed by atoms with van der Waals surface area (Å²) < 4.78 is 11.7. The molecule has 10 heteroatoms. The number of alkyl halides is 1. The van der Waals surface area contributed by atoms with E-state index in [2.05, 4.69) is 49.8 Å². The van der Waals surface area contributed by atoms with E-state index in [4.69, 9.17) is 15.2 Å². The molecule has 0 spiro atoms. The van der Waals surface area contributed by atoms with Crippen molar-refractivity contribution in [2.24, 2.45) is 5.73 Å². The van der Waals surface area contributed by atoms with Crippen molar-refractivity contribution in [2.45, 2.75) is 0 Å². The molecule has 2 amide bonds. The predicted octanol–water partition coefficient (Wildman–Crippen LogP) is 4.01. The van der Waals surface area contributed by atoms with E-state index in [1.807, 2.05) is 18.2 Å². The smallest absolute Gasteiger partial charge is 0.255 e. The van der Waals surface area contributed by atoms with Crippen LogP contribution >= 0.6 is 22.6 Å². The van der Waals surface area contributed by atoms with Crippen LogP contribution in [0.3, 0.4) is 0 Å². The van der Waals surface area contributed by atoms with E-state index in [0.717, 1.165) is 6.08 Å². The maximum Gasteiger partial charge on any atom is 0.255 e. The number of carbonyl (C=O) groups excluding carboxylic acids is 2. The second-order valence-corrected chi connectivity index (χ2v) is 6.63. The van der Waals surface area contributed by atoms with Gasteiger partial charge in [0.15, 0.2) is 0 Å². The molecule has 31 heavy (non-hydrogen) atoms. The molecule has 2 aromatic carbocycles. The first-order chi connectivity index (χ1) is 15.0. The van der Waals surface area contributed by atoms with Crippen molar-refractivity contribution in [3.63, 3.8) is 0 Å². The second kappa shape index (κ2) is 10.4. The third kappa shape index (κ3) is 6.15. The highest BCUT2D eigenvalue weighted by molar-refractivity contribution is 14.1. The summed E-state index contributed by atoms with van der Waals surface area (Å²) >= 11 is 2.11. The van der Waals surface area contributed by atoms with Crippen molar-refractivity contribution < 1.29 is 19.1 Å². The summed E-state index contributed by atoms with van der Waals surface area (Å²) in [7, 11) is 0. The Kier molecular flexibility index (Phi) is 7.38. The Labute approximate surface area is 191 Å². The van der Waals surface area contributed by atoms with Crippen molar-refractivity contribution in [3.05, 3.63) is 72.9 Å². The number of nitrogens with zero attached hydrogens (tertiary/aromatic N) is 2. The number of rotatable bonds is 9. The number of hydrogen-bond donors (Lipinski definition) is 3. The number of amides is 2. The molecule has 0 aliphatic heterocycles. The minimum Gasteiger partial charge on any atom is -0.483 e. The highest BCUT2D eigenvalue weighted by Gasteiger charge is 2.15. The van der Waals surface area contributed by atoms with E-state index < -0.39 is 5.91 Å². The molecule has 0 aliphatic rings. The highest BCUT2D eigenvalue weighted by atomic mass is 127. The van der Waals surface area contributed by atoms with Gasteiger partial charge in [-0.15, -0.1) is 0 Å². The topological polar surface area (TPSA) is 128 Å². The average molecular weight is 531 g/mol. The van der Waals surface area contributed by atoms with Crippen LogP contribution in [0, 0.1) is 0 Å². The predicted molar refractivity (Wildman–Crippen MR) is 125 cm³/mol. The average Bonchev–Trinajstić information content (AvgIpc) is 2.74. The zero-order valence-corrected chi connectivity index (χ0v) is 18.3. The summed E-state index contributed by atoms with van der Waals surface area (Å²) in [4.78, 5) is 31.7. The van der Waals surface area contributed by atoms with E-state index >= 15 is 0 Å². The number of hydrogen-bond acceptors (Lipinski definition) is 7. The van der Waals surface area contributed by atoms with Gasteiger partial charge in [-0.1, -0.05) is 18.7 Å². The molecule has 3 aromatic rings. The largest absolute Gasteiger partial charge is 0.483 e. The maximum atomic E-state index is 11.8. The van der Waals surface area contributed by atoms with Crippen molar-refractivity contribution in [3.8, 4) is 17.4 Å². The Morgan fingerprint density at radius 2 is 1.84 bits per heavy atom. The molecule has 9 nitrogen and oxygen atoms in total. The van der Waals surface area contributed by atoms with Gasteiger partial charge in [-0.25, -0.2) is 4.98 Å². The number of ether oxygens (including phenoxy) is 2. The number of aromatic nitrogens is 2. The zero-order valence-electron chi connectivity index (χ0n) is 16.2. The second-order valence-electron chi connectivity index (χ2n) is 6.01. The Bertz CT molecular complexity index is 1120. The molecule has 0 saturated carbocycles. The Morgan fingerprint density at radius 1 is 1.13 bits per heavy atom. The zero-order chi connectivity index (χ0) is 22.2. The molecule has 1 heterocycles. The van der Waals surface area contributed by atoms with Gasteiger partial charge in [-0.2, -0.15) is 4.98 Å². The van der Waals surface area contributed by atoms with Crippen molar-refractivity contribution in [2.75, 3.05) is 15.2 Å². The summed E-state index contributed by atoms with van der Waals surface area (Å²) in [6.45, 7) is 3.41. The van der Waals surface area contributed by atoms with E-state index in [0.29, 0.717) is 27.5 Å². The number of carbonyl (C=O) groups is 2. The summed E-state index contributed by atoms with van der Waals surface area (Å²) in [6, 6.07) is 13.8. The third-order valence-electron chi connectivity index (χ3n) is 3.83. The minimum absolute atomic E-state index is 0.00748. The van der Waals surface area contributed by atoms with Gasteiger partial charge in [0.05, 0.1) is 0 Å². The highest BCUT2D eigenvalue weighted by Crippen LogP contribution is 2.27. The van der Waals surface area contributed by atoms with E-state index in [1.165, 1.54) is 6.20 Å². The molecule has 1 aromatic heterocycles. The van der Waals surface area contributed by atoms with Gasteiger partial charge in [0.1, 0.15) is 21.7 Å². The molecule has 158 valence electrons. The summed E-state index contributed by atoms with van der Waals surface area (Å²) in [5, 5.41) is 5.66. The van der Waals surface area contributed by atoms with Crippen LogP contribution in [0.25, 0.3) is 0 Å². The van der Waals surface area contributed by atoms with E-state index in [9.17, 15) is 9.59 Å². The normalized spacial score (nSPS) is 10.1. The first-order valence-electron chi connectivity index (χ1n) is 8.92. The molecular weight excluding hydrogens is 513 g/mol. The number of anilines is 3. The summed E-state index contributed by atoms with van der Waals surface area (Å²) in [6.07, 6.45) is 2.43. The Balaban J connectivity index is 1.86. The number of primary amides is 1. The lowest BCUT2D eigenvalue weighted by molar-refractivity contribution is -0.111. The van der Waals surface area contributed by atoms with E-state index in [-0.39, 0.29) is 23.3 Å². The maximum absolute atomic E-state index is 11.8. The molecule has 0 bridgehead atoms. The van der Waals surface area contributed by atoms with Gasteiger partial charge in [0.2, 0.25) is 17.7 Å². The third-order valence-corrected chi connectivity index (χ3v) is 4.14. The number of nitrogens with one attached hydrogen (secondary N) is 2. The molecule has 3 rings (SSSR count). The number of halogens is 1. The van der Waals surface area contributed by atoms with Crippen LogP contribution < -0.4 is 25.8 Å². The lowest BCUT2D eigenvalue weighted by atomic mass is 10.3. The summed E-state index contributed by atoms with van der Waals surface area (Å²) in [5.74, 6) is 0.0847. The fraction of sp³-hybridized carbons (Fsp3) is 0.0476. The van der Waals surface area contributed by atoms with Crippen molar-refractivity contribution in [1.82, 2.24) is 9.97 Å². The van der Waals surface area contributed by atoms with Gasteiger partial charge in [0.25, 0.3) is 5.91 Å². The van der Waals surface area contributed by atoms with Crippen LogP contribution in [-0.4, -0.2) is 26.4 Å². The van der Waals surface area contributed by atoms with Gasteiger partial charge >= 0.3 is 0 Å². The SMILES string of the molecule is C=CC(=O)Nc1cccc(Oc2nc(Nc3cccc(OCI)c3)ncc2C(N)=O)c1. The Hall–Kier alpha value is -3.67. The monoisotopic (exact) mass is 531 g/mol. The summed E-state index contributed by atoms with van der Waals surface area (Å²) in [5.41, 5.74) is 6.62. The van der Waals surface area contributed by atoms with Crippen LogP contribution in [0.4, 0.5) is 17.3 Å². The minimum atomic E-state index is -0.741. The fourth-order valence-electron chi connectivity index (χ4n) is 2.47. The van der Waals surface area contributed by atoms with Crippen molar-refractivity contribution >= 4 is 51.7 Å².